The average molecular weight is 906 g/mol. The second kappa shape index (κ2) is 21.2. The van der Waals surface area contributed by atoms with Gasteiger partial charge in [0.25, 0.3) is 0 Å². The maximum Gasteiger partial charge on any atom is 0.522 e. The fraction of sp³-hybridized carbons (Fsp3) is 0.936. The molecule has 8 rings (SSSR count). The van der Waals surface area contributed by atoms with Gasteiger partial charge in [-0.1, -0.05) is 27.7 Å². The first-order valence-corrected chi connectivity index (χ1v) is 26.1. The number of ether oxygens (including phenoxy) is 2. The van der Waals surface area contributed by atoms with E-state index in [1.54, 1.807) is 0 Å². The van der Waals surface area contributed by atoms with Gasteiger partial charge in [-0.2, -0.15) is 5.26 Å². The molecule has 356 valence electrons. The minimum absolute atomic E-state index is 0.0266. The zero-order chi connectivity index (χ0) is 44.3. The number of alkyl halides is 3. The molecule has 0 aromatic heterocycles. The molecule has 0 radical (unpaired) electrons. The molecule has 10 unspecified atom stereocenters. The van der Waals surface area contributed by atoms with E-state index in [2.05, 4.69) is 81.4 Å². The number of carbonyl (C=O) groups excluding carboxylic acids is 1. The number of aliphatic imine (C=N–C) groups is 1. The lowest BCUT2D eigenvalue weighted by Gasteiger charge is -2.43. The van der Waals surface area contributed by atoms with Gasteiger partial charge < -0.3 is 10.1 Å². The van der Waals surface area contributed by atoms with Gasteiger partial charge in [-0.15, -0.1) is 24.9 Å². The Balaban J connectivity index is 0.735. The molecule has 4 saturated carbocycles. The summed E-state index contributed by atoms with van der Waals surface area (Å²) in [4.78, 5) is 21.6. The molecule has 4 aliphatic carbocycles. The van der Waals surface area contributed by atoms with E-state index < -0.39 is 18.4 Å². The van der Waals surface area contributed by atoms with Crippen LogP contribution in [0.5, 0.6) is 0 Å². The standard InChI is InChI=1S/C47H78F3N9O3S/c1-5-37-43(58-52-6-2)55-45-41(28(3)29(4)63-45)42(54-37)32-9-7-30(8-10-32)31-19-21-46(22-20-31)23-24-59(27-46)40-18-17-38(56-57-40)44(60)53-34-12-15-35(16-13-34)61-36-14-11-33(26-51)39(25-36)62-47(48,49)50/h28-41,43,45,52,55-58H,5-25,27H2,1-4H3,(H,53,60)/t28?,29?,30?,31?,32?,33?,34?,35?,36?,37-,38?,39?,40?,41?,43?,45?,46?/m0/s1. The average Bonchev–Trinajstić information content (AvgIpc) is 3.76. The molecule has 4 aliphatic heterocycles. The van der Waals surface area contributed by atoms with Crippen molar-refractivity contribution >= 4 is 23.4 Å². The van der Waals surface area contributed by atoms with Crippen molar-refractivity contribution in [1.29, 1.82) is 5.26 Å². The predicted octanol–water partition coefficient (Wildman–Crippen LogP) is 7.28. The van der Waals surface area contributed by atoms with Crippen LogP contribution in [-0.2, 0) is 14.3 Å². The number of carbonyl (C=O) groups is 1. The Hall–Kier alpha value is -1.55. The predicted molar refractivity (Wildman–Crippen MR) is 241 cm³/mol. The molecular formula is C47H78F3N9O3S. The molecule has 6 N–H and O–H groups in total. The number of hydrazine groups is 2. The van der Waals surface area contributed by atoms with Gasteiger partial charge in [-0.05, 0) is 145 Å². The van der Waals surface area contributed by atoms with Crippen molar-refractivity contribution < 1.29 is 27.4 Å². The van der Waals surface area contributed by atoms with Crippen LogP contribution in [0.4, 0.5) is 13.2 Å². The normalized spacial score (nSPS) is 44.1. The van der Waals surface area contributed by atoms with Gasteiger partial charge >= 0.3 is 6.36 Å². The Bertz CT molecular complexity index is 1570. The van der Waals surface area contributed by atoms with Crippen LogP contribution in [0.1, 0.15) is 150 Å². The summed E-state index contributed by atoms with van der Waals surface area (Å²) in [5, 5.41) is 17.6. The fourth-order valence-corrected chi connectivity index (χ4v) is 14.9. The number of thioether (sulfide) groups is 1. The lowest BCUT2D eigenvalue weighted by molar-refractivity contribution is -0.351. The Morgan fingerprint density at radius 1 is 0.937 bits per heavy atom. The van der Waals surface area contributed by atoms with Crippen molar-refractivity contribution in [1.82, 2.24) is 37.2 Å². The van der Waals surface area contributed by atoms with Crippen LogP contribution < -0.4 is 32.3 Å². The number of likely N-dealkylation sites (tertiary alicyclic amines) is 1. The minimum atomic E-state index is -4.77. The van der Waals surface area contributed by atoms with Gasteiger partial charge in [-0.25, -0.2) is 16.3 Å². The summed E-state index contributed by atoms with van der Waals surface area (Å²) in [5.74, 6) is 2.73. The molecule has 3 saturated heterocycles. The van der Waals surface area contributed by atoms with Gasteiger partial charge in [0.1, 0.15) is 6.04 Å². The van der Waals surface area contributed by atoms with E-state index in [0.29, 0.717) is 46.6 Å². The summed E-state index contributed by atoms with van der Waals surface area (Å²) in [6, 6.07) is 2.00. The molecule has 63 heavy (non-hydrogen) atoms. The van der Waals surface area contributed by atoms with Crippen molar-refractivity contribution in [3.05, 3.63) is 0 Å². The molecule has 0 aromatic carbocycles. The third-order valence-electron chi connectivity index (χ3n) is 17.2. The Morgan fingerprint density at radius 3 is 2.33 bits per heavy atom. The van der Waals surface area contributed by atoms with Crippen molar-refractivity contribution in [3.63, 3.8) is 0 Å². The van der Waals surface area contributed by atoms with Gasteiger partial charge in [0.05, 0.1) is 54.0 Å². The van der Waals surface area contributed by atoms with Gasteiger partial charge in [-0.3, -0.25) is 30.2 Å². The molecule has 0 aromatic rings. The lowest BCUT2D eigenvalue weighted by atomic mass is 9.63. The molecule has 4 heterocycles. The quantitative estimate of drug-likeness (QED) is 0.110. The molecule has 16 heteroatoms. The van der Waals surface area contributed by atoms with Crippen molar-refractivity contribution in [3.8, 4) is 6.07 Å². The van der Waals surface area contributed by atoms with E-state index >= 15 is 0 Å². The molecule has 1 spiro atoms. The van der Waals surface area contributed by atoms with Crippen molar-refractivity contribution in [2.24, 2.45) is 45.9 Å². The largest absolute Gasteiger partial charge is 0.522 e. The van der Waals surface area contributed by atoms with E-state index in [1.165, 1.54) is 63.5 Å². The van der Waals surface area contributed by atoms with E-state index in [1.807, 2.05) is 6.07 Å². The monoisotopic (exact) mass is 906 g/mol. The highest BCUT2D eigenvalue weighted by Crippen LogP contribution is 2.52. The van der Waals surface area contributed by atoms with Gasteiger partial charge in [0.15, 0.2) is 0 Å². The van der Waals surface area contributed by atoms with Crippen LogP contribution in [0, 0.1) is 52.3 Å². The number of fused-ring (bicyclic) bond motifs is 1. The molecule has 0 bridgehead atoms. The summed E-state index contributed by atoms with van der Waals surface area (Å²) in [6.45, 7) is 12.5. The van der Waals surface area contributed by atoms with Crippen LogP contribution in [0.25, 0.3) is 0 Å². The third-order valence-corrected chi connectivity index (χ3v) is 18.7. The van der Waals surface area contributed by atoms with E-state index in [4.69, 9.17) is 9.73 Å². The smallest absolute Gasteiger partial charge is 0.375 e. The SMILES string of the molecule is CCNNC1NC2SC(C)C(C)C2C(C2CCC(C3CCC4(CC3)CCN(C3CCC(C(=O)NC5CCC(OC6CCC(C#N)C(OC(F)(F)F)C6)CC5)NN3)C4)CC2)=N[C@H]1CC. The molecule has 7 fully saturated rings. The third kappa shape index (κ3) is 11.6. The van der Waals surface area contributed by atoms with Gasteiger partial charge in [0, 0.05) is 49.0 Å². The molecule has 12 nitrogen and oxygen atoms in total. The van der Waals surface area contributed by atoms with Crippen LogP contribution in [0.3, 0.4) is 0 Å². The first-order chi connectivity index (χ1) is 30.3. The number of amides is 1. The minimum Gasteiger partial charge on any atom is -0.375 e. The highest BCUT2D eigenvalue weighted by Gasteiger charge is 2.49. The Morgan fingerprint density at radius 2 is 1.67 bits per heavy atom. The second-order valence-electron chi connectivity index (χ2n) is 21.0. The number of halogens is 3. The number of nitriles is 1. The van der Waals surface area contributed by atoms with Crippen LogP contribution in [-0.4, -0.2) is 102 Å². The van der Waals surface area contributed by atoms with E-state index in [9.17, 15) is 23.2 Å². The highest BCUT2D eigenvalue weighted by atomic mass is 32.2. The molecular weight excluding hydrogens is 828 g/mol. The molecule has 11 atom stereocenters. The topological polar surface area (TPSA) is 147 Å². The molecule has 1 amide bonds. The number of hydrogen-bond acceptors (Lipinski definition) is 12. The lowest BCUT2D eigenvalue weighted by Crippen LogP contribution is -2.62. The summed E-state index contributed by atoms with van der Waals surface area (Å²) in [5.41, 5.74) is 15.8. The van der Waals surface area contributed by atoms with Crippen LogP contribution in [0.2, 0.25) is 0 Å². The highest BCUT2D eigenvalue weighted by molar-refractivity contribution is 8.00. The van der Waals surface area contributed by atoms with E-state index in [0.717, 1.165) is 76.4 Å². The van der Waals surface area contributed by atoms with Crippen molar-refractivity contribution in [2.45, 2.75) is 215 Å². The van der Waals surface area contributed by atoms with Crippen LogP contribution in [0.15, 0.2) is 4.99 Å². The second-order valence-corrected chi connectivity index (χ2v) is 22.5. The zero-order valence-electron chi connectivity index (χ0n) is 38.4. The Labute approximate surface area is 379 Å². The summed E-state index contributed by atoms with van der Waals surface area (Å²) in [6.07, 6.45) is 12.8. The van der Waals surface area contributed by atoms with Crippen LogP contribution >= 0.6 is 11.8 Å². The van der Waals surface area contributed by atoms with Gasteiger partial charge in [0.2, 0.25) is 5.91 Å². The van der Waals surface area contributed by atoms with Crippen molar-refractivity contribution in [2.75, 3.05) is 19.6 Å². The fourth-order valence-electron chi connectivity index (χ4n) is 13.2. The molecule has 8 aliphatic rings. The first kappa shape index (κ1) is 47.9. The van der Waals surface area contributed by atoms with E-state index in [-0.39, 0.29) is 55.0 Å². The summed E-state index contributed by atoms with van der Waals surface area (Å²) < 4.78 is 49.3. The number of nitrogens with one attached hydrogen (secondary N) is 6. The number of rotatable bonds is 12. The zero-order valence-corrected chi connectivity index (χ0v) is 39.2. The number of nitrogens with zero attached hydrogens (tertiary/aromatic N) is 3. The Kier molecular flexibility index (Phi) is 16.1. The number of hydrogen-bond donors (Lipinski definition) is 6. The maximum absolute atomic E-state index is 13.4. The first-order valence-electron chi connectivity index (χ1n) is 25.2. The summed E-state index contributed by atoms with van der Waals surface area (Å²) in [7, 11) is 0. The maximum atomic E-state index is 13.4. The summed E-state index contributed by atoms with van der Waals surface area (Å²) >= 11 is 2.13.